The molecule has 0 saturated carbocycles. The molecular weight excluding hydrogens is 348 g/mol. The number of carbonyl (C=O) groups excluding carboxylic acids is 2. The van der Waals surface area contributed by atoms with E-state index in [1.807, 2.05) is 61.5 Å². The number of hydrogen-bond acceptors (Lipinski definition) is 3. The average molecular weight is 368 g/mol. The first-order chi connectivity index (χ1) is 13.6. The van der Waals surface area contributed by atoms with Gasteiger partial charge in [-0.15, -0.1) is 0 Å². The Labute approximate surface area is 164 Å². The molecule has 3 heteroatoms. The van der Waals surface area contributed by atoms with Gasteiger partial charge in [0, 0.05) is 17.2 Å². The molecule has 3 nitrogen and oxygen atoms in total. The smallest absolute Gasteiger partial charge is 0.229 e. The topological polar surface area (TPSA) is 43.4 Å². The lowest BCUT2D eigenvalue weighted by atomic mass is 9.81. The minimum atomic E-state index is -0.245. The third-order valence-electron chi connectivity index (χ3n) is 5.19. The molecule has 0 amide bonds. The summed E-state index contributed by atoms with van der Waals surface area (Å²) in [6.45, 7) is 2.02. The number of ketones is 2. The highest BCUT2D eigenvalue weighted by Gasteiger charge is 2.31. The molecule has 3 aromatic rings. The van der Waals surface area contributed by atoms with Crippen LogP contribution in [-0.2, 0) is 11.2 Å². The Hall–Kier alpha value is -3.46. The number of Topliss-reactive ketones (excluding diaryl/α,β-unsaturated/α-hetero) is 1. The van der Waals surface area contributed by atoms with E-state index in [4.69, 9.17) is 4.74 Å². The molecule has 0 saturated heterocycles. The second kappa shape index (κ2) is 7.28. The summed E-state index contributed by atoms with van der Waals surface area (Å²) in [5, 5.41) is 0. The van der Waals surface area contributed by atoms with Crippen LogP contribution < -0.4 is 0 Å². The molecule has 0 aliphatic heterocycles. The van der Waals surface area contributed by atoms with Gasteiger partial charge in [0.25, 0.3) is 0 Å². The van der Waals surface area contributed by atoms with Crippen LogP contribution in [0.2, 0.25) is 0 Å². The van der Waals surface area contributed by atoms with Gasteiger partial charge in [-0.2, -0.15) is 0 Å². The van der Waals surface area contributed by atoms with Crippen molar-refractivity contribution in [3.05, 3.63) is 106 Å². The largest absolute Gasteiger partial charge is 0.492 e. The van der Waals surface area contributed by atoms with Gasteiger partial charge < -0.3 is 4.74 Å². The van der Waals surface area contributed by atoms with E-state index in [1.54, 1.807) is 0 Å². The summed E-state index contributed by atoms with van der Waals surface area (Å²) in [7, 11) is 1.42. The number of benzene rings is 3. The second-order valence-electron chi connectivity index (χ2n) is 6.89. The highest BCUT2D eigenvalue weighted by atomic mass is 16.5. The maximum absolute atomic E-state index is 13.1. The number of allylic oxidation sites excluding steroid dienone is 2. The SMILES string of the molecule is COC1=CC(=O)c2cc(Cc3ccccc3)c(C)c(-c3ccccc3)c2C1=O. The maximum atomic E-state index is 13.1. The molecule has 28 heavy (non-hydrogen) atoms. The third kappa shape index (κ3) is 3.05. The van der Waals surface area contributed by atoms with Gasteiger partial charge in [-0.05, 0) is 47.2 Å². The zero-order chi connectivity index (χ0) is 19.7. The van der Waals surface area contributed by atoms with Crippen LogP contribution >= 0.6 is 0 Å². The van der Waals surface area contributed by atoms with Crippen LogP contribution in [0.3, 0.4) is 0 Å². The third-order valence-corrected chi connectivity index (χ3v) is 5.19. The van der Waals surface area contributed by atoms with Crippen LogP contribution in [0, 0.1) is 6.92 Å². The molecule has 0 fully saturated rings. The van der Waals surface area contributed by atoms with Crippen LogP contribution in [0.4, 0.5) is 0 Å². The molecule has 0 radical (unpaired) electrons. The molecule has 1 aliphatic carbocycles. The van der Waals surface area contributed by atoms with E-state index in [-0.39, 0.29) is 17.3 Å². The molecule has 0 bridgehead atoms. The Balaban J connectivity index is 1.98. The summed E-state index contributed by atoms with van der Waals surface area (Å²) < 4.78 is 5.18. The van der Waals surface area contributed by atoms with Crippen molar-refractivity contribution in [2.24, 2.45) is 0 Å². The minimum Gasteiger partial charge on any atom is -0.492 e. The van der Waals surface area contributed by atoms with E-state index in [0.29, 0.717) is 17.5 Å². The standard InChI is InChI=1S/C25H20O3/c1-16-19(13-17-9-5-3-6-10-17)14-20-21(26)15-22(28-2)25(27)24(20)23(16)18-11-7-4-8-12-18/h3-12,14-15H,13H2,1-2H3. The normalized spacial score (nSPS) is 13.1. The van der Waals surface area contributed by atoms with Gasteiger partial charge >= 0.3 is 0 Å². The molecular formula is C25H20O3. The zero-order valence-corrected chi connectivity index (χ0v) is 15.9. The Kier molecular flexibility index (Phi) is 4.66. The number of methoxy groups -OCH3 is 1. The van der Waals surface area contributed by atoms with Crippen molar-refractivity contribution in [3.8, 4) is 11.1 Å². The van der Waals surface area contributed by atoms with Crippen molar-refractivity contribution in [2.45, 2.75) is 13.3 Å². The van der Waals surface area contributed by atoms with Gasteiger partial charge in [-0.25, -0.2) is 0 Å². The molecule has 3 aromatic carbocycles. The van der Waals surface area contributed by atoms with Gasteiger partial charge in [0.15, 0.2) is 11.5 Å². The lowest BCUT2D eigenvalue weighted by molar-refractivity contribution is 0.0917. The van der Waals surface area contributed by atoms with Crippen molar-refractivity contribution >= 4 is 11.6 Å². The summed E-state index contributed by atoms with van der Waals surface area (Å²) in [6, 6.07) is 21.7. The lowest BCUT2D eigenvalue weighted by Crippen LogP contribution is -2.20. The molecule has 0 spiro atoms. The Morgan fingerprint density at radius 1 is 0.857 bits per heavy atom. The Bertz CT molecular complexity index is 1090. The van der Waals surface area contributed by atoms with Crippen molar-refractivity contribution in [3.63, 3.8) is 0 Å². The first kappa shape index (κ1) is 17.9. The van der Waals surface area contributed by atoms with Crippen molar-refractivity contribution in [1.29, 1.82) is 0 Å². The predicted molar refractivity (Wildman–Crippen MR) is 110 cm³/mol. The summed E-state index contributed by atoms with van der Waals surface area (Å²) in [5.74, 6) is -0.354. The van der Waals surface area contributed by atoms with Crippen LogP contribution in [0.15, 0.2) is 78.6 Å². The molecule has 0 unspecified atom stereocenters. The summed E-state index contributed by atoms with van der Waals surface area (Å²) in [5.41, 5.74) is 5.82. The fourth-order valence-electron chi connectivity index (χ4n) is 3.77. The van der Waals surface area contributed by atoms with E-state index in [9.17, 15) is 9.59 Å². The first-order valence-electron chi connectivity index (χ1n) is 9.20. The second-order valence-corrected chi connectivity index (χ2v) is 6.89. The zero-order valence-electron chi connectivity index (χ0n) is 15.9. The predicted octanol–water partition coefficient (Wildman–Crippen LogP) is 5.16. The van der Waals surface area contributed by atoms with Gasteiger partial charge in [0.1, 0.15) is 0 Å². The molecule has 4 rings (SSSR count). The van der Waals surface area contributed by atoms with Gasteiger partial charge in [-0.1, -0.05) is 60.7 Å². The molecule has 0 aromatic heterocycles. The van der Waals surface area contributed by atoms with E-state index < -0.39 is 0 Å². The van der Waals surface area contributed by atoms with Gasteiger partial charge in [0.05, 0.1) is 7.11 Å². The van der Waals surface area contributed by atoms with E-state index in [0.717, 1.165) is 27.8 Å². The van der Waals surface area contributed by atoms with Crippen LogP contribution in [0.1, 0.15) is 37.4 Å². The Morgan fingerprint density at radius 2 is 1.50 bits per heavy atom. The minimum absolute atomic E-state index is 0.0879. The molecule has 0 atom stereocenters. The quantitative estimate of drug-likeness (QED) is 0.639. The van der Waals surface area contributed by atoms with Crippen LogP contribution in [0.5, 0.6) is 0 Å². The summed E-state index contributed by atoms with van der Waals surface area (Å²) in [4.78, 5) is 25.9. The van der Waals surface area contributed by atoms with Gasteiger partial charge in [-0.3, -0.25) is 9.59 Å². The molecule has 0 N–H and O–H groups in total. The number of ether oxygens (including phenoxy) is 1. The summed E-state index contributed by atoms with van der Waals surface area (Å²) in [6.07, 6.45) is 1.99. The van der Waals surface area contributed by atoms with Crippen LogP contribution in [-0.4, -0.2) is 18.7 Å². The number of carbonyl (C=O) groups is 2. The molecule has 0 heterocycles. The summed E-state index contributed by atoms with van der Waals surface area (Å²) >= 11 is 0. The highest BCUT2D eigenvalue weighted by Crippen LogP contribution is 2.37. The maximum Gasteiger partial charge on any atom is 0.229 e. The molecule has 138 valence electrons. The molecule has 1 aliphatic rings. The number of rotatable bonds is 4. The number of hydrogen-bond donors (Lipinski definition) is 0. The number of fused-ring (bicyclic) bond motifs is 1. The van der Waals surface area contributed by atoms with Crippen molar-refractivity contribution in [1.82, 2.24) is 0 Å². The van der Waals surface area contributed by atoms with E-state index in [2.05, 4.69) is 12.1 Å². The first-order valence-corrected chi connectivity index (χ1v) is 9.20. The van der Waals surface area contributed by atoms with E-state index in [1.165, 1.54) is 13.2 Å². The highest BCUT2D eigenvalue weighted by molar-refractivity contribution is 6.26. The lowest BCUT2D eigenvalue weighted by Gasteiger charge is -2.22. The fourth-order valence-corrected chi connectivity index (χ4v) is 3.77. The monoisotopic (exact) mass is 368 g/mol. The van der Waals surface area contributed by atoms with Gasteiger partial charge in [0.2, 0.25) is 5.78 Å². The van der Waals surface area contributed by atoms with Crippen molar-refractivity contribution < 1.29 is 14.3 Å². The van der Waals surface area contributed by atoms with Crippen molar-refractivity contribution in [2.75, 3.05) is 7.11 Å². The average Bonchev–Trinajstić information content (AvgIpc) is 2.73. The Morgan fingerprint density at radius 3 is 2.14 bits per heavy atom. The van der Waals surface area contributed by atoms with E-state index >= 15 is 0 Å². The van der Waals surface area contributed by atoms with Crippen LogP contribution in [0.25, 0.3) is 11.1 Å². The fraction of sp³-hybridized carbons (Fsp3) is 0.120.